The van der Waals surface area contributed by atoms with E-state index in [4.69, 9.17) is 9.15 Å². The summed E-state index contributed by atoms with van der Waals surface area (Å²) in [7, 11) is 1.78. The van der Waals surface area contributed by atoms with Crippen LogP contribution in [-0.4, -0.2) is 66.0 Å². The number of hydrogen-bond donors (Lipinski definition) is 1. The molecule has 0 spiro atoms. The molecule has 1 unspecified atom stereocenters. The Balaban J connectivity index is 1.25. The lowest BCUT2D eigenvalue weighted by Gasteiger charge is -2.32. The van der Waals surface area contributed by atoms with Crippen molar-refractivity contribution in [2.24, 2.45) is 0 Å². The summed E-state index contributed by atoms with van der Waals surface area (Å²) in [4.78, 5) is 33.9. The number of para-hydroxylation sites is 1. The predicted octanol–water partition coefficient (Wildman–Crippen LogP) is 3.39. The first kappa shape index (κ1) is 23.3. The number of furan rings is 1. The maximum Gasteiger partial charge on any atom is 0.246 e. The van der Waals surface area contributed by atoms with Crippen LogP contribution < -0.4 is 5.32 Å². The monoisotopic (exact) mass is 474 g/mol. The number of aryl methyl sites for hydroxylation is 2. The number of nitrogens with zero attached hydrogens (tertiary/aromatic N) is 3. The van der Waals surface area contributed by atoms with Crippen LogP contribution in [0.1, 0.15) is 28.9 Å². The molecule has 2 aliphatic heterocycles. The molecule has 2 amide bonds. The van der Waals surface area contributed by atoms with Crippen LogP contribution in [0.15, 0.2) is 47.0 Å². The number of likely N-dealkylation sites (N-methyl/N-ethyl adjacent to an activating group) is 1. The summed E-state index contributed by atoms with van der Waals surface area (Å²) < 4.78 is 11.2. The third-order valence-electron chi connectivity index (χ3n) is 6.80. The van der Waals surface area contributed by atoms with Crippen molar-refractivity contribution in [2.75, 3.05) is 38.7 Å². The molecule has 35 heavy (non-hydrogen) atoms. The average molecular weight is 475 g/mol. The van der Waals surface area contributed by atoms with Crippen molar-refractivity contribution in [3.8, 4) is 0 Å². The standard InChI is InChI=1S/C27H30N4O4/c1-18-22(21-5-3-4-6-24(21)35-18)17-30(2)25(32)10-7-19-15-20-8-9-23(31-11-13-34-14-12-31)27(33)29-26(20)28-16-19/h3-7,10,15-16,23H,8-9,11-14,17H2,1-2H3,(H,28,29,33)/b10-7+. The van der Waals surface area contributed by atoms with Crippen LogP contribution in [0.2, 0.25) is 0 Å². The lowest BCUT2D eigenvalue weighted by atomic mass is 10.0. The minimum atomic E-state index is -0.176. The van der Waals surface area contributed by atoms with Gasteiger partial charge in [0.25, 0.3) is 0 Å². The van der Waals surface area contributed by atoms with Crippen LogP contribution in [0.4, 0.5) is 5.82 Å². The number of carbonyl (C=O) groups is 2. The molecule has 1 N–H and O–H groups in total. The third-order valence-corrected chi connectivity index (χ3v) is 6.80. The van der Waals surface area contributed by atoms with Gasteiger partial charge in [-0.2, -0.15) is 0 Å². The van der Waals surface area contributed by atoms with Gasteiger partial charge >= 0.3 is 0 Å². The Morgan fingerprint density at radius 2 is 2.09 bits per heavy atom. The van der Waals surface area contributed by atoms with Gasteiger partial charge in [0.05, 0.1) is 19.3 Å². The number of carbonyl (C=O) groups excluding carboxylic acids is 2. The highest BCUT2D eigenvalue weighted by Crippen LogP contribution is 2.27. The van der Waals surface area contributed by atoms with Crippen LogP contribution in [0.5, 0.6) is 0 Å². The molecule has 3 aromatic rings. The Morgan fingerprint density at radius 1 is 1.29 bits per heavy atom. The Bertz CT molecular complexity index is 1280. The number of nitrogens with one attached hydrogen (secondary N) is 1. The quantitative estimate of drug-likeness (QED) is 0.571. The fraction of sp³-hybridized carbons (Fsp3) is 0.370. The van der Waals surface area contributed by atoms with Gasteiger partial charge in [-0.25, -0.2) is 4.98 Å². The van der Waals surface area contributed by atoms with E-state index in [-0.39, 0.29) is 17.9 Å². The highest BCUT2D eigenvalue weighted by Gasteiger charge is 2.30. The largest absolute Gasteiger partial charge is 0.461 e. The zero-order valence-electron chi connectivity index (χ0n) is 20.1. The smallest absolute Gasteiger partial charge is 0.246 e. The zero-order chi connectivity index (χ0) is 24.4. The minimum absolute atomic E-state index is 0.0136. The highest BCUT2D eigenvalue weighted by molar-refractivity contribution is 5.96. The molecule has 182 valence electrons. The molecule has 1 saturated heterocycles. The highest BCUT2D eigenvalue weighted by atomic mass is 16.5. The van der Waals surface area contributed by atoms with E-state index in [9.17, 15) is 9.59 Å². The van der Waals surface area contributed by atoms with E-state index >= 15 is 0 Å². The lowest BCUT2D eigenvalue weighted by Crippen LogP contribution is -2.48. The molecule has 1 fully saturated rings. The zero-order valence-corrected chi connectivity index (χ0v) is 20.1. The summed E-state index contributed by atoms with van der Waals surface area (Å²) in [6.07, 6.45) is 6.50. The second-order valence-corrected chi connectivity index (χ2v) is 9.13. The van der Waals surface area contributed by atoms with Crippen LogP contribution in [-0.2, 0) is 27.3 Å². The van der Waals surface area contributed by atoms with E-state index in [1.165, 1.54) is 0 Å². The van der Waals surface area contributed by atoms with Crippen molar-refractivity contribution in [1.82, 2.24) is 14.8 Å². The predicted molar refractivity (Wildman–Crippen MR) is 134 cm³/mol. The van der Waals surface area contributed by atoms with Gasteiger partial charge in [-0.05, 0) is 49.1 Å². The van der Waals surface area contributed by atoms with Crippen molar-refractivity contribution in [3.05, 3.63) is 65.1 Å². The SMILES string of the molecule is Cc1oc2ccccc2c1CN(C)C(=O)/C=C/c1cnc2c(c1)CCC(N1CCOCC1)C(=O)N2. The summed E-state index contributed by atoms with van der Waals surface area (Å²) >= 11 is 0. The van der Waals surface area contributed by atoms with Gasteiger partial charge in [-0.3, -0.25) is 14.5 Å². The van der Waals surface area contributed by atoms with Gasteiger partial charge in [0.1, 0.15) is 17.2 Å². The summed E-state index contributed by atoms with van der Waals surface area (Å²) in [5.41, 5.74) is 3.66. The molecule has 5 rings (SSSR count). The van der Waals surface area contributed by atoms with E-state index in [1.54, 1.807) is 30.3 Å². The molecule has 2 aromatic heterocycles. The van der Waals surface area contributed by atoms with Gasteiger partial charge in [-0.1, -0.05) is 18.2 Å². The molecule has 0 saturated carbocycles. The van der Waals surface area contributed by atoms with Crippen molar-refractivity contribution in [1.29, 1.82) is 0 Å². The number of anilines is 1. The van der Waals surface area contributed by atoms with E-state index in [0.717, 1.165) is 59.4 Å². The second-order valence-electron chi connectivity index (χ2n) is 9.13. The molecule has 1 aromatic carbocycles. The number of morpholine rings is 1. The van der Waals surface area contributed by atoms with Gasteiger partial charge in [0, 0.05) is 49.9 Å². The van der Waals surface area contributed by atoms with Crippen LogP contribution >= 0.6 is 0 Å². The molecule has 8 nitrogen and oxygen atoms in total. The Labute approximate surface area is 204 Å². The molecule has 1 atom stereocenters. The van der Waals surface area contributed by atoms with Crippen molar-refractivity contribution in [2.45, 2.75) is 32.4 Å². The first-order valence-corrected chi connectivity index (χ1v) is 12.0. The van der Waals surface area contributed by atoms with Gasteiger partial charge in [0.2, 0.25) is 11.8 Å². The van der Waals surface area contributed by atoms with E-state index in [2.05, 4.69) is 15.2 Å². The summed E-state index contributed by atoms with van der Waals surface area (Å²) in [6.45, 7) is 5.22. The molecular formula is C27H30N4O4. The fourth-order valence-electron chi connectivity index (χ4n) is 4.81. The number of rotatable bonds is 5. The first-order valence-electron chi connectivity index (χ1n) is 12.0. The maximum atomic E-state index is 12.8. The Morgan fingerprint density at radius 3 is 2.91 bits per heavy atom. The number of pyridine rings is 1. The first-order chi connectivity index (χ1) is 17.0. The van der Waals surface area contributed by atoms with E-state index < -0.39 is 0 Å². The number of benzene rings is 1. The summed E-state index contributed by atoms with van der Waals surface area (Å²) in [6, 6.07) is 9.69. The summed E-state index contributed by atoms with van der Waals surface area (Å²) in [5, 5.41) is 4.01. The Hall–Kier alpha value is -3.49. The normalized spacial score (nSPS) is 18.9. The van der Waals surface area contributed by atoms with Crippen molar-refractivity contribution in [3.63, 3.8) is 0 Å². The second kappa shape index (κ2) is 10.0. The average Bonchev–Trinajstić information content (AvgIpc) is 3.08. The number of ether oxygens (including phenoxy) is 1. The lowest BCUT2D eigenvalue weighted by molar-refractivity contribution is -0.125. The molecule has 8 heteroatoms. The Kier molecular flexibility index (Phi) is 6.66. The number of hydrogen-bond acceptors (Lipinski definition) is 6. The minimum Gasteiger partial charge on any atom is -0.461 e. The molecular weight excluding hydrogens is 444 g/mol. The van der Waals surface area contributed by atoms with Crippen molar-refractivity contribution < 1.29 is 18.7 Å². The molecule has 2 aliphatic rings. The van der Waals surface area contributed by atoms with E-state index in [1.807, 2.05) is 37.3 Å². The number of amides is 2. The molecule has 0 bridgehead atoms. The third kappa shape index (κ3) is 4.99. The van der Waals surface area contributed by atoms with Gasteiger partial charge < -0.3 is 19.4 Å². The number of aromatic nitrogens is 1. The number of fused-ring (bicyclic) bond motifs is 2. The van der Waals surface area contributed by atoms with Crippen LogP contribution in [0, 0.1) is 6.92 Å². The molecule has 0 radical (unpaired) electrons. The van der Waals surface area contributed by atoms with E-state index in [0.29, 0.717) is 25.6 Å². The molecule has 4 heterocycles. The van der Waals surface area contributed by atoms with Crippen LogP contribution in [0.3, 0.4) is 0 Å². The fourth-order valence-corrected chi connectivity index (χ4v) is 4.81. The van der Waals surface area contributed by atoms with Crippen molar-refractivity contribution >= 4 is 34.7 Å². The summed E-state index contributed by atoms with van der Waals surface area (Å²) in [5.74, 6) is 1.31. The van der Waals surface area contributed by atoms with Gasteiger partial charge in [0.15, 0.2) is 0 Å². The maximum absolute atomic E-state index is 12.8. The van der Waals surface area contributed by atoms with Gasteiger partial charge in [-0.15, -0.1) is 0 Å². The topological polar surface area (TPSA) is 87.9 Å². The van der Waals surface area contributed by atoms with Crippen LogP contribution in [0.25, 0.3) is 17.0 Å². The molecule has 0 aliphatic carbocycles.